The lowest BCUT2D eigenvalue weighted by molar-refractivity contribution is -0.139. The fourth-order valence-corrected chi connectivity index (χ4v) is 4.08. The molecule has 1 aromatic heterocycles. The van der Waals surface area contributed by atoms with Crippen LogP contribution in [0.3, 0.4) is 0 Å². The minimum atomic E-state index is -1.02. The zero-order chi connectivity index (χ0) is 24.5. The second-order valence-electron chi connectivity index (χ2n) is 8.91. The van der Waals surface area contributed by atoms with Gasteiger partial charge >= 0.3 is 5.97 Å². The molecular formula is C23H29ClN6O4. The van der Waals surface area contributed by atoms with Crippen LogP contribution < -0.4 is 15.4 Å². The fourth-order valence-electron chi connectivity index (χ4n) is 3.94. The van der Waals surface area contributed by atoms with E-state index in [1.165, 1.54) is 17.3 Å². The Morgan fingerprint density at radius 2 is 1.91 bits per heavy atom. The molecule has 2 aliphatic rings. The second kappa shape index (κ2) is 9.63. The second-order valence-corrected chi connectivity index (χ2v) is 9.32. The third-order valence-electron chi connectivity index (χ3n) is 6.28. The van der Waals surface area contributed by atoms with Crippen molar-refractivity contribution in [1.29, 1.82) is 0 Å². The van der Waals surface area contributed by atoms with E-state index in [1.807, 2.05) is 12.1 Å². The molecule has 10 nitrogen and oxygen atoms in total. The molecule has 4 rings (SSSR count). The van der Waals surface area contributed by atoms with E-state index in [-0.39, 0.29) is 22.7 Å². The molecule has 11 heteroatoms. The highest BCUT2D eigenvalue weighted by Crippen LogP contribution is 2.40. The summed E-state index contributed by atoms with van der Waals surface area (Å²) in [5.41, 5.74) is 2.03. The third kappa shape index (κ3) is 5.18. The van der Waals surface area contributed by atoms with Crippen LogP contribution in [0.15, 0.2) is 18.3 Å². The first-order valence-electron chi connectivity index (χ1n) is 11.1. The number of aromatic nitrogens is 2. The molecule has 0 unspecified atom stereocenters. The van der Waals surface area contributed by atoms with Crippen molar-refractivity contribution in [2.75, 3.05) is 51.5 Å². The molecule has 1 aliphatic carbocycles. The summed E-state index contributed by atoms with van der Waals surface area (Å²) in [6.45, 7) is 1.97. The molecule has 0 atom stereocenters. The smallest absolute Gasteiger partial charge is 0.329 e. The summed E-state index contributed by atoms with van der Waals surface area (Å²) >= 11 is 6.21. The number of rotatable bonds is 8. The number of benzene rings is 1. The molecule has 2 aromatic rings. The molecular weight excluding hydrogens is 460 g/mol. The van der Waals surface area contributed by atoms with Gasteiger partial charge in [-0.05, 0) is 48.9 Å². The van der Waals surface area contributed by atoms with Crippen molar-refractivity contribution < 1.29 is 19.4 Å². The number of carbonyl (C=O) groups is 2. The number of anilines is 3. The average molecular weight is 489 g/mol. The Labute approximate surface area is 203 Å². The maximum atomic E-state index is 12.1. The van der Waals surface area contributed by atoms with Crippen molar-refractivity contribution in [3.63, 3.8) is 0 Å². The SMILES string of the molecule is COc1cc2c(cc1Nc1ncc(Cl)c(NC3(C(=O)O)CC3)n1)CCN(CC(=O)N(C)C)CC2. The number of carboxylic acids is 1. The molecule has 0 saturated heterocycles. The van der Waals surface area contributed by atoms with E-state index in [1.54, 1.807) is 26.1 Å². The predicted molar refractivity (Wildman–Crippen MR) is 129 cm³/mol. The van der Waals surface area contributed by atoms with E-state index in [4.69, 9.17) is 16.3 Å². The highest BCUT2D eigenvalue weighted by Gasteiger charge is 2.51. The monoisotopic (exact) mass is 488 g/mol. The zero-order valence-corrected chi connectivity index (χ0v) is 20.3. The van der Waals surface area contributed by atoms with Crippen LogP contribution in [0.5, 0.6) is 5.75 Å². The molecule has 1 saturated carbocycles. The van der Waals surface area contributed by atoms with E-state index in [2.05, 4.69) is 25.5 Å². The number of fused-ring (bicyclic) bond motifs is 1. The van der Waals surface area contributed by atoms with Crippen molar-refractivity contribution >= 4 is 40.9 Å². The van der Waals surface area contributed by atoms with Crippen molar-refractivity contribution in [2.45, 2.75) is 31.2 Å². The van der Waals surface area contributed by atoms with Gasteiger partial charge in [0.1, 0.15) is 16.3 Å². The fraction of sp³-hybridized carbons (Fsp3) is 0.478. The lowest BCUT2D eigenvalue weighted by Crippen LogP contribution is -2.37. The zero-order valence-electron chi connectivity index (χ0n) is 19.5. The minimum absolute atomic E-state index is 0.0890. The van der Waals surface area contributed by atoms with Crippen molar-refractivity contribution in [3.05, 3.63) is 34.5 Å². The average Bonchev–Trinajstić information content (AvgIpc) is 3.61. The van der Waals surface area contributed by atoms with E-state index in [0.717, 1.165) is 25.9 Å². The first-order chi connectivity index (χ1) is 16.2. The number of ether oxygens (including phenoxy) is 1. The maximum absolute atomic E-state index is 12.1. The Morgan fingerprint density at radius 1 is 1.24 bits per heavy atom. The largest absolute Gasteiger partial charge is 0.495 e. The number of carboxylic acid groups (broad SMARTS) is 1. The van der Waals surface area contributed by atoms with E-state index < -0.39 is 11.5 Å². The number of halogens is 1. The number of amides is 1. The van der Waals surface area contributed by atoms with Gasteiger partial charge in [-0.1, -0.05) is 11.6 Å². The third-order valence-corrected chi connectivity index (χ3v) is 6.56. The van der Waals surface area contributed by atoms with Gasteiger partial charge < -0.3 is 25.4 Å². The molecule has 34 heavy (non-hydrogen) atoms. The Bertz CT molecular complexity index is 1110. The summed E-state index contributed by atoms with van der Waals surface area (Å²) in [5.74, 6) is 0.359. The number of aliphatic carboxylic acids is 1. The lowest BCUT2D eigenvalue weighted by atomic mass is 10.0. The van der Waals surface area contributed by atoms with E-state index >= 15 is 0 Å². The molecule has 1 aliphatic heterocycles. The first-order valence-corrected chi connectivity index (χ1v) is 11.5. The van der Waals surface area contributed by atoms with Crippen LogP contribution in [0.1, 0.15) is 24.0 Å². The number of hydrogen-bond donors (Lipinski definition) is 3. The van der Waals surface area contributed by atoms with Gasteiger partial charge in [0.05, 0.1) is 25.5 Å². The maximum Gasteiger partial charge on any atom is 0.329 e. The van der Waals surface area contributed by atoms with Gasteiger partial charge in [0.15, 0.2) is 5.82 Å². The predicted octanol–water partition coefficient (Wildman–Crippen LogP) is 2.40. The van der Waals surface area contributed by atoms with Gasteiger partial charge in [-0.3, -0.25) is 9.69 Å². The molecule has 3 N–H and O–H groups in total. The Morgan fingerprint density at radius 3 is 2.50 bits per heavy atom. The number of methoxy groups -OCH3 is 1. The van der Waals surface area contributed by atoms with Crippen LogP contribution in [0, 0.1) is 0 Å². The molecule has 1 aromatic carbocycles. The summed E-state index contributed by atoms with van der Waals surface area (Å²) in [6, 6.07) is 4.03. The Kier molecular flexibility index (Phi) is 6.81. The molecule has 0 bridgehead atoms. The van der Waals surface area contributed by atoms with Crippen molar-refractivity contribution in [2.24, 2.45) is 0 Å². The van der Waals surface area contributed by atoms with Gasteiger partial charge in [-0.25, -0.2) is 9.78 Å². The number of likely N-dealkylation sites (N-methyl/N-ethyl adjacent to an activating group) is 1. The number of hydrogen-bond acceptors (Lipinski definition) is 8. The normalized spacial score (nSPS) is 16.7. The van der Waals surface area contributed by atoms with Crippen LogP contribution in [0.4, 0.5) is 17.5 Å². The van der Waals surface area contributed by atoms with Gasteiger partial charge in [-0.15, -0.1) is 0 Å². The lowest BCUT2D eigenvalue weighted by Gasteiger charge is -2.21. The van der Waals surface area contributed by atoms with E-state index in [0.29, 0.717) is 30.8 Å². The van der Waals surface area contributed by atoms with Gasteiger partial charge in [0.25, 0.3) is 0 Å². The highest BCUT2D eigenvalue weighted by atomic mass is 35.5. The minimum Gasteiger partial charge on any atom is -0.495 e. The quantitative estimate of drug-likeness (QED) is 0.514. The molecule has 182 valence electrons. The van der Waals surface area contributed by atoms with Crippen LogP contribution in [0.2, 0.25) is 5.02 Å². The van der Waals surface area contributed by atoms with Crippen LogP contribution >= 0.6 is 11.6 Å². The Balaban J connectivity index is 1.53. The number of carbonyl (C=O) groups excluding carboxylic acids is 1. The van der Waals surface area contributed by atoms with Crippen molar-refractivity contribution in [3.8, 4) is 5.75 Å². The number of nitrogens with one attached hydrogen (secondary N) is 2. The molecule has 1 amide bonds. The standard InChI is InChI=1S/C23H29ClN6O4/c1-29(2)19(31)13-30-8-4-14-10-17(18(34-3)11-15(14)5-9-30)26-22-25-12-16(24)20(27-22)28-23(6-7-23)21(32)33/h10-12H,4-9,13H2,1-3H3,(H,32,33)(H2,25,26,27,28). The van der Waals surface area contributed by atoms with Crippen LogP contribution in [-0.2, 0) is 22.4 Å². The van der Waals surface area contributed by atoms with E-state index in [9.17, 15) is 14.7 Å². The first kappa shape index (κ1) is 24.0. The van der Waals surface area contributed by atoms with Gasteiger partial charge in [-0.2, -0.15) is 4.98 Å². The number of nitrogens with zero attached hydrogens (tertiary/aromatic N) is 4. The molecule has 0 radical (unpaired) electrons. The molecule has 0 spiro atoms. The van der Waals surface area contributed by atoms with Gasteiger partial charge in [0, 0.05) is 27.2 Å². The van der Waals surface area contributed by atoms with Crippen LogP contribution in [-0.4, -0.2) is 83.1 Å². The van der Waals surface area contributed by atoms with Crippen molar-refractivity contribution in [1.82, 2.24) is 19.8 Å². The summed E-state index contributed by atoms with van der Waals surface area (Å²) in [6.07, 6.45) is 4.08. The molecule has 1 fully saturated rings. The Hall–Kier alpha value is -3.11. The summed E-state index contributed by atoms with van der Waals surface area (Å²) in [4.78, 5) is 36.1. The van der Waals surface area contributed by atoms with Gasteiger partial charge in [0.2, 0.25) is 11.9 Å². The summed E-state index contributed by atoms with van der Waals surface area (Å²) in [5, 5.41) is 15.8. The summed E-state index contributed by atoms with van der Waals surface area (Å²) < 4.78 is 5.61. The molecule has 2 heterocycles. The van der Waals surface area contributed by atoms with Crippen LogP contribution in [0.25, 0.3) is 0 Å². The topological polar surface area (TPSA) is 120 Å². The highest BCUT2D eigenvalue weighted by molar-refractivity contribution is 6.32. The summed E-state index contributed by atoms with van der Waals surface area (Å²) in [7, 11) is 5.14.